The normalized spacial score (nSPS) is 12.8. The van der Waals surface area contributed by atoms with Crippen molar-refractivity contribution in [1.29, 1.82) is 0 Å². The molecule has 2 aromatic rings. The van der Waals surface area contributed by atoms with Crippen LogP contribution < -0.4 is 5.73 Å². The molecule has 0 spiro atoms. The zero-order valence-electron chi connectivity index (χ0n) is 12.6. The molecule has 1 aromatic heterocycles. The zero-order valence-corrected chi connectivity index (χ0v) is 12.6. The van der Waals surface area contributed by atoms with Crippen molar-refractivity contribution >= 4 is 12.1 Å². The van der Waals surface area contributed by atoms with Crippen LogP contribution in [0, 0.1) is 0 Å². The van der Waals surface area contributed by atoms with Crippen molar-refractivity contribution in [2.24, 2.45) is 15.9 Å². The first-order valence-corrected chi connectivity index (χ1v) is 6.85. The summed E-state index contributed by atoms with van der Waals surface area (Å²) in [6.45, 7) is 6.57. The predicted octanol–water partition coefficient (Wildman–Crippen LogP) is 3.12. The van der Waals surface area contributed by atoms with Gasteiger partial charge in [-0.2, -0.15) is 5.10 Å². The number of nitrogens with two attached hydrogens (primary N) is 1. The van der Waals surface area contributed by atoms with Crippen molar-refractivity contribution in [2.75, 3.05) is 0 Å². The molecule has 0 bridgehead atoms. The summed E-state index contributed by atoms with van der Waals surface area (Å²) in [6, 6.07) is 13.7. The van der Waals surface area contributed by atoms with Crippen molar-refractivity contribution in [2.45, 2.75) is 26.2 Å². The number of nitrogens with zero attached hydrogens (tertiary/aromatic N) is 3. The highest BCUT2D eigenvalue weighted by Crippen LogP contribution is 2.21. The highest BCUT2D eigenvalue weighted by atomic mass is 15.2. The number of amidine groups is 1. The maximum Gasteiger partial charge on any atom is 0.171 e. The number of pyridine rings is 1. The second-order valence-corrected chi connectivity index (χ2v) is 5.82. The lowest BCUT2D eigenvalue weighted by Crippen LogP contribution is -2.14. The van der Waals surface area contributed by atoms with Crippen LogP contribution in [0.1, 0.15) is 37.6 Å². The van der Waals surface area contributed by atoms with E-state index >= 15 is 0 Å². The smallest absolute Gasteiger partial charge is 0.171 e. The quantitative estimate of drug-likeness (QED) is 0.533. The van der Waals surface area contributed by atoms with Crippen LogP contribution >= 0.6 is 0 Å². The van der Waals surface area contributed by atoms with Gasteiger partial charge in [0.2, 0.25) is 0 Å². The van der Waals surface area contributed by atoms with Gasteiger partial charge in [0, 0.05) is 6.20 Å². The van der Waals surface area contributed by atoms with Crippen LogP contribution in [-0.4, -0.2) is 17.0 Å². The minimum absolute atomic E-state index is 0.150. The summed E-state index contributed by atoms with van der Waals surface area (Å²) >= 11 is 0. The van der Waals surface area contributed by atoms with Gasteiger partial charge in [-0.1, -0.05) is 51.1 Å². The predicted molar refractivity (Wildman–Crippen MR) is 87.7 cm³/mol. The van der Waals surface area contributed by atoms with Crippen LogP contribution in [-0.2, 0) is 5.41 Å². The van der Waals surface area contributed by atoms with E-state index in [9.17, 15) is 0 Å². The molecule has 0 unspecified atom stereocenters. The van der Waals surface area contributed by atoms with Gasteiger partial charge in [-0.25, -0.2) is 0 Å². The molecule has 0 saturated heterocycles. The minimum atomic E-state index is 0.150. The van der Waals surface area contributed by atoms with E-state index in [0.717, 1.165) is 5.56 Å². The second kappa shape index (κ2) is 6.31. The van der Waals surface area contributed by atoms with Crippen molar-refractivity contribution in [3.8, 4) is 0 Å². The van der Waals surface area contributed by atoms with Crippen molar-refractivity contribution in [1.82, 2.24) is 4.98 Å². The Kier molecular flexibility index (Phi) is 4.48. The molecular weight excluding hydrogens is 260 g/mol. The average molecular weight is 280 g/mol. The molecule has 0 aliphatic rings. The Balaban J connectivity index is 2.08. The third kappa shape index (κ3) is 4.24. The van der Waals surface area contributed by atoms with Gasteiger partial charge in [0.25, 0.3) is 0 Å². The van der Waals surface area contributed by atoms with Gasteiger partial charge in [-0.15, -0.1) is 5.10 Å². The number of benzene rings is 1. The molecule has 0 atom stereocenters. The molecule has 21 heavy (non-hydrogen) atoms. The summed E-state index contributed by atoms with van der Waals surface area (Å²) in [5.74, 6) is 0.304. The minimum Gasteiger partial charge on any atom is -0.380 e. The second-order valence-electron chi connectivity index (χ2n) is 5.82. The van der Waals surface area contributed by atoms with Gasteiger partial charge in [-0.3, -0.25) is 4.98 Å². The molecule has 4 heteroatoms. The molecule has 0 fully saturated rings. The molecule has 0 radical (unpaired) electrons. The zero-order chi connectivity index (χ0) is 15.3. The first-order chi connectivity index (χ1) is 9.97. The summed E-state index contributed by atoms with van der Waals surface area (Å²) in [5.41, 5.74) is 8.86. The molecule has 1 heterocycles. The summed E-state index contributed by atoms with van der Waals surface area (Å²) in [7, 11) is 0. The van der Waals surface area contributed by atoms with Crippen molar-refractivity contribution in [3.63, 3.8) is 0 Å². The third-order valence-corrected chi connectivity index (χ3v) is 3.08. The Bertz CT molecular complexity index is 635. The van der Waals surface area contributed by atoms with Crippen LogP contribution in [0.2, 0.25) is 0 Å². The molecule has 0 amide bonds. The highest BCUT2D eigenvalue weighted by molar-refractivity contribution is 5.95. The van der Waals surface area contributed by atoms with E-state index in [2.05, 4.69) is 48.1 Å². The first-order valence-electron chi connectivity index (χ1n) is 6.85. The van der Waals surface area contributed by atoms with E-state index in [1.807, 2.05) is 24.3 Å². The molecule has 0 aliphatic carbocycles. The Morgan fingerprint density at radius 3 is 2.38 bits per heavy atom. The van der Waals surface area contributed by atoms with Crippen molar-refractivity contribution < 1.29 is 0 Å². The molecule has 2 N–H and O–H groups in total. The molecule has 1 aromatic carbocycles. The molecule has 4 nitrogen and oxygen atoms in total. The molecular formula is C17H20N4. The monoisotopic (exact) mass is 280 g/mol. The van der Waals surface area contributed by atoms with E-state index < -0.39 is 0 Å². The first kappa shape index (κ1) is 14.9. The average Bonchev–Trinajstić information content (AvgIpc) is 2.47. The standard InChI is InChI=1S/C17H20N4/c1-17(2,3)14-9-7-13(8-10-14)12-20-21-16(18)15-6-4-5-11-19-15/h4-12H,1-3H3,(H2,18,21)/b20-12+. The van der Waals surface area contributed by atoms with E-state index in [-0.39, 0.29) is 5.41 Å². The topological polar surface area (TPSA) is 63.6 Å². The van der Waals surface area contributed by atoms with E-state index in [1.165, 1.54) is 5.56 Å². The number of rotatable bonds is 3. The van der Waals surface area contributed by atoms with Gasteiger partial charge in [0.1, 0.15) is 5.69 Å². The van der Waals surface area contributed by atoms with Crippen LogP contribution in [0.15, 0.2) is 58.9 Å². The van der Waals surface area contributed by atoms with Gasteiger partial charge in [-0.05, 0) is 28.7 Å². The van der Waals surface area contributed by atoms with Crippen LogP contribution in [0.3, 0.4) is 0 Å². The van der Waals surface area contributed by atoms with E-state index in [1.54, 1.807) is 18.5 Å². The fraction of sp³-hybridized carbons (Fsp3) is 0.235. The lowest BCUT2D eigenvalue weighted by molar-refractivity contribution is 0.590. The summed E-state index contributed by atoms with van der Waals surface area (Å²) in [5, 5.41) is 7.97. The Hall–Kier alpha value is -2.49. The maximum absolute atomic E-state index is 5.81. The number of aromatic nitrogens is 1. The Morgan fingerprint density at radius 1 is 1.10 bits per heavy atom. The van der Waals surface area contributed by atoms with E-state index in [4.69, 9.17) is 5.73 Å². The summed E-state index contributed by atoms with van der Waals surface area (Å²) in [4.78, 5) is 4.11. The fourth-order valence-corrected chi connectivity index (χ4v) is 1.79. The Labute approximate surface area is 125 Å². The van der Waals surface area contributed by atoms with Gasteiger partial charge >= 0.3 is 0 Å². The molecule has 2 rings (SSSR count). The van der Waals surface area contributed by atoms with Crippen molar-refractivity contribution in [3.05, 3.63) is 65.5 Å². The lowest BCUT2D eigenvalue weighted by Gasteiger charge is -2.18. The maximum atomic E-state index is 5.81. The largest absolute Gasteiger partial charge is 0.380 e. The van der Waals surface area contributed by atoms with Gasteiger partial charge in [0.15, 0.2) is 5.84 Å². The highest BCUT2D eigenvalue weighted by Gasteiger charge is 2.12. The van der Waals surface area contributed by atoms with Gasteiger partial charge < -0.3 is 5.73 Å². The Morgan fingerprint density at radius 2 is 1.81 bits per heavy atom. The lowest BCUT2D eigenvalue weighted by atomic mass is 9.87. The third-order valence-electron chi connectivity index (χ3n) is 3.08. The van der Waals surface area contributed by atoms with E-state index in [0.29, 0.717) is 11.5 Å². The molecule has 108 valence electrons. The summed E-state index contributed by atoms with van der Waals surface area (Å²) < 4.78 is 0. The molecule has 0 saturated carbocycles. The van der Waals surface area contributed by atoms with Gasteiger partial charge in [0.05, 0.1) is 6.21 Å². The fourth-order valence-electron chi connectivity index (χ4n) is 1.79. The SMILES string of the molecule is CC(C)(C)c1ccc(/C=N/N=C(\N)c2ccccn2)cc1. The van der Waals surface area contributed by atoms with Crippen LogP contribution in [0.5, 0.6) is 0 Å². The number of hydrogen-bond donors (Lipinski definition) is 1. The summed E-state index contributed by atoms with van der Waals surface area (Å²) in [6.07, 6.45) is 3.36. The molecule has 0 aliphatic heterocycles. The number of hydrogen-bond acceptors (Lipinski definition) is 3. The van der Waals surface area contributed by atoms with Crippen LogP contribution in [0.4, 0.5) is 0 Å². The van der Waals surface area contributed by atoms with Crippen LogP contribution in [0.25, 0.3) is 0 Å².